The summed E-state index contributed by atoms with van der Waals surface area (Å²) in [5.74, 6) is 0. The van der Waals surface area contributed by atoms with E-state index in [2.05, 4.69) is 45.9 Å². The van der Waals surface area contributed by atoms with Crippen molar-refractivity contribution in [1.29, 1.82) is 0 Å². The summed E-state index contributed by atoms with van der Waals surface area (Å²) < 4.78 is 6.09. The van der Waals surface area contributed by atoms with Gasteiger partial charge in [-0.25, -0.2) is 0 Å². The molecule has 0 saturated carbocycles. The van der Waals surface area contributed by atoms with Crippen molar-refractivity contribution in [3.63, 3.8) is 0 Å². The smallest absolute Gasteiger partial charge is 0.0909 e. The molecule has 1 aliphatic carbocycles. The maximum Gasteiger partial charge on any atom is 0.0909 e. The molecule has 14 heavy (non-hydrogen) atoms. The standard InChI is InChI=1S/C13H20O/c1-10-6-7-11-12(2,3)8-5-9-13(11,4)14-10/h5,7-8,10H,6,9H2,1-4H3/t10-,13-/m0/s1. The van der Waals surface area contributed by atoms with E-state index in [1.165, 1.54) is 5.57 Å². The van der Waals surface area contributed by atoms with Crippen molar-refractivity contribution in [1.82, 2.24) is 0 Å². The quantitative estimate of drug-likeness (QED) is 0.534. The Bertz CT molecular complexity index is 298. The Morgan fingerprint density at radius 1 is 1.36 bits per heavy atom. The average molecular weight is 192 g/mol. The van der Waals surface area contributed by atoms with Gasteiger partial charge < -0.3 is 4.74 Å². The molecule has 2 atom stereocenters. The average Bonchev–Trinajstić information content (AvgIpc) is 2.00. The van der Waals surface area contributed by atoms with Crippen LogP contribution in [0.5, 0.6) is 0 Å². The van der Waals surface area contributed by atoms with Crippen LogP contribution in [-0.2, 0) is 4.74 Å². The summed E-state index contributed by atoms with van der Waals surface area (Å²) >= 11 is 0. The summed E-state index contributed by atoms with van der Waals surface area (Å²) in [4.78, 5) is 0. The highest BCUT2D eigenvalue weighted by atomic mass is 16.5. The first-order valence-corrected chi connectivity index (χ1v) is 5.51. The fourth-order valence-electron chi connectivity index (χ4n) is 2.83. The zero-order valence-corrected chi connectivity index (χ0v) is 9.63. The van der Waals surface area contributed by atoms with E-state index in [1.807, 2.05) is 0 Å². The minimum atomic E-state index is -0.0457. The van der Waals surface area contributed by atoms with Gasteiger partial charge in [0.1, 0.15) is 0 Å². The Labute approximate surface area is 86.8 Å². The van der Waals surface area contributed by atoms with Crippen LogP contribution in [-0.4, -0.2) is 11.7 Å². The fraction of sp³-hybridized carbons (Fsp3) is 0.692. The van der Waals surface area contributed by atoms with Crippen LogP contribution in [0.4, 0.5) is 0 Å². The Morgan fingerprint density at radius 3 is 2.79 bits per heavy atom. The summed E-state index contributed by atoms with van der Waals surface area (Å²) in [6, 6.07) is 0. The predicted molar refractivity (Wildman–Crippen MR) is 59.2 cm³/mol. The molecule has 78 valence electrons. The van der Waals surface area contributed by atoms with Crippen molar-refractivity contribution >= 4 is 0 Å². The van der Waals surface area contributed by atoms with Crippen LogP contribution in [0.1, 0.15) is 40.5 Å². The highest BCUT2D eigenvalue weighted by molar-refractivity contribution is 5.34. The van der Waals surface area contributed by atoms with Crippen molar-refractivity contribution in [3.8, 4) is 0 Å². The molecule has 1 heterocycles. The molecule has 2 aliphatic rings. The topological polar surface area (TPSA) is 9.23 Å². The van der Waals surface area contributed by atoms with Crippen LogP contribution in [0, 0.1) is 5.41 Å². The number of fused-ring (bicyclic) bond motifs is 1. The van der Waals surface area contributed by atoms with E-state index >= 15 is 0 Å². The summed E-state index contributed by atoms with van der Waals surface area (Å²) in [5.41, 5.74) is 1.59. The molecular weight excluding hydrogens is 172 g/mol. The Morgan fingerprint density at radius 2 is 2.07 bits per heavy atom. The molecule has 0 bridgehead atoms. The summed E-state index contributed by atoms with van der Waals surface area (Å²) in [5, 5.41) is 0. The number of allylic oxidation sites excluding steroid dienone is 1. The normalized spacial score (nSPS) is 40.3. The fourth-order valence-corrected chi connectivity index (χ4v) is 2.83. The summed E-state index contributed by atoms with van der Waals surface area (Å²) in [6.45, 7) is 8.92. The van der Waals surface area contributed by atoms with Crippen LogP contribution < -0.4 is 0 Å². The van der Waals surface area contributed by atoms with Crippen LogP contribution >= 0.6 is 0 Å². The second-order valence-electron chi connectivity index (χ2n) is 5.34. The first kappa shape index (κ1) is 9.97. The molecule has 0 radical (unpaired) electrons. The van der Waals surface area contributed by atoms with Crippen LogP contribution in [0.25, 0.3) is 0 Å². The van der Waals surface area contributed by atoms with E-state index in [1.54, 1.807) is 0 Å². The van der Waals surface area contributed by atoms with Gasteiger partial charge in [0.15, 0.2) is 0 Å². The zero-order chi connectivity index (χ0) is 10.4. The molecule has 1 nitrogen and oxygen atoms in total. The number of hydrogen-bond donors (Lipinski definition) is 0. The van der Waals surface area contributed by atoms with E-state index in [-0.39, 0.29) is 11.0 Å². The summed E-state index contributed by atoms with van der Waals surface area (Å²) in [7, 11) is 0. The van der Waals surface area contributed by atoms with Crippen LogP contribution in [0.3, 0.4) is 0 Å². The van der Waals surface area contributed by atoms with Crippen molar-refractivity contribution in [2.75, 3.05) is 0 Å². The van der Waals surface area contributed by atoms with E-state index in [9.17, 15) is 0 Å². The molecule has 0 aromatic rings. The number of hydrogen-bond acceptors (Lipinski definition) is 1. The van der Waals surface area contributed by atoms with E-state index in [4.69, 9.17) is 4.74 Å². The van der Waals surface area contributed by atoms with Crippen LogP contribution in [0.2, 0.25) is 0 Å². The van der Waals surface area contributed by atoms with Gasteiger partial charge in [0.05, 0.1) is 11.7 Å². The maximum atomic E-state index is 6.09. The Hall–Kier alpha value is -0.560. The van der Waals surface area contributed by atoms with Crippen molar-refractivity contribution in [2.24, 2.45) is 5.41 Å². The SMILES string of the molecule is C[C@H]1CC=C2C(C)(C)C=CC[C@]2(C)O1. The lowest BCUT2D eigenvalue weighted by molar-refractivity contribution is -0.0684. The zero-order valence-electron chi connectivity index (χ0n) is 9.63. The molecule has 0 N–H and O–H groups in total. The first-order chi connectivity index (χ1) is 6.44. The lowest BCUT2D eigenvalue weighted by atomic mass is 9.68. The number of ether oxygens (including phenoxy) is 1. The van der Waals surface area contributed by atoms with Gasteiger partial charge in [-0.15, -0.1) is 0 Å². The van der Waals surface area contributed by atoms with Gasteiger partial charge in [-0.2, -0.15) is 0 Å². The molecule has 0 aromatic carbocycles. The van der Waals surface area contributed by atoms with Crippen molar-refractivity contribution in [3.05, 3.63) is 23.8 Å². The van der Waals surface area contributed by atoms with E-state index in [0.29, 0.717) is 6.10 Å². The van der Waals surface area contributed by atoms with Crippen molar-refractivity contribution < 1.29 is 4.74 Å². The van der Waals surface area contributed by atoms with Gasteiger partial charge in [0.2, 0.25) is 0 Å². The van der Waals surface area contributed by atoms with Gasteiger partial charge in [0.25, 0.3) is 0 Å². The predicted octanol–water partition coefficient (Wildman–Crippen LogP) is 3.47. The number of rotatable bonds is 0. The Balaban J connectivity index is 2.42. The lowest BCUT2D eigenvalue weighted by Crippen LogP contribution is -2.44. The molecule has 0 spiro atoms. The summed E-state index contributed by atoms with van der Waals surface area (Å²) in [6.07, 6.45) is 9.40. The molecule has 1 aliphatic heterocycles. The lowest BCUT2D eigenvalue weighted by Gasteiger charge is -2.46. The highest BCUT2D eigenvalue weighted by Gasteiger charge is 2.42. The van der Waals surface area contributed by atoms with Gasteiger partial charge >= 0.3 is 0 Å². The third-order valence-electron chi connectivity index (χ3n) is 3.42. The van der Waals surface area contributed by atoms with Gasteiger partial charge in [0, 0.05) is 5.41 Å². The third kappa shape index (κ3) is 1.44. The maximum absolute atomic E-state index is 6.09. The monoisotopic (exact) mass is 192 g/mol. The van der Waals surface area contributed by atoms with Gasteiger partial charge in [-0.3, -0.25) is 0 Å². The molecule has 2 rings (SSSR count). The van der Waals surface area contributed by atoms with Crippen molar-refractivity contribution in [2.45, 2.75) is 52.2 Å². The molecule has 1 heteroatoms. The largest absolute Gasteiger partial charge is 0.367 e. The second-order valence-corrected chi connectivity index (χ2v) is 5.34. The van der Waals surface area contributed by atoms with Crippen LogP contribution in [0.15, 0.2) is 23.8 Å². The molecule has 0 aromatic heterocycles. The molecule has 0 fully saturated rings. The molecule has 0 saturated heterocycles. The van der Waals surface area contributed by atoms with Gasteiger partial charge in [-0.1, -0.05) is 32.1 Å². The minimum Gasteiger partial charge on any atom is -0.367 e. The highest BCUT2D eigenvalue weighted by Crippen LogP contribution is 2.46. The first-order valence-electron chi connectivity index (χ1n) is 5.51. The minimum absolute atomic E-state index is 0.0457. The van der Waals surface area contributed by atoms with Gasteiger partial charge in [-0.05, 0) is 32.3 Å². The van der Waals surface area contributed by atoms with E-state index in [0.717, 1.165) is 12.8 Å². The molecule has 0 unspecified atom stereocenters. The third-order valence-corrected chi connectivity index (χ3v) is 3.42. The second kappa shape index (κ2) is 2.96. The molecule has 0 amide bonds. The Kier molecular flexibility index (Phi) is 2.11. The molecular formula is C13H20O. The van der Waals surface area contributed by atoms with E-state index < -0.39 is 0 Å².